The first kappa shape index (κ1) is 11.1. The van der Waals surface area contributed by atoms with E-state index < -0.39 is 0 Å². The molecule has 0 spiro atoms. The molecule has 0 aliphatic heterocycles. The third-order valence-electron chi connectivity index (χ3n) is 2.48. The zero-order chi connectivity index (χ0) is 10.4. The van der Waals surface area contributed by atoms with Gasteiger partial charge in [-0.3, -0.25) is 0 Å². The lowest BCUT2D eigenvalue weighted by Crippen LogP contribution is -2.00. The summed E-state index contributed by atoms with van der Waals surface area (Å²) in [6.07, 6.45) is 3.37. The minimum atomic E-state index is 0.840. The van der Waals surface area contributed by atoms with Gasteiger partial charge in [0.15, 0.2) is 0 Å². The van der Waals surface area contributed by atoms with Crippen LogP contribution in [0.3, 0.4) is 0 Å². The van der Waals surface area contributed by atoms with Crippen LogP contribution in [0.4, 0.5) is 0 Å². The van der Waals surface area contributed by atoms with Gasteiger partial charge >= 0.3 is 0 Å². The number of benzene rings is 1. The fourth-order valence-corrected chi connectivity index (χ4v) is 1.59. The molecule has 1 rings (SSSR count). The van der Waals surface area contributed by atoms with Gasteiger partial charge in [-0.1, -0.05) is 32.4 Å². The summed E-state index contributed by atoms with van der Waals surface area (Å²) in [6, 6.07) is 6.28. The highest BCUT2D eigenvalue weighted by atomic mass is 16.5. The van der Waals surface area contributed by atoms with Crippen LogP contribution < -0.4 is 4.74 Å². The largest absolute Gasteiger partial charge is 0.493 e. The summed E-state index contributed by atoms with van der Waals surface area (Å²) in [7, 11) is 0. The maximum Gasteiger partial charge on any atom is 0.122 e. The molecule has 1 heteroatoms. The lowest BCUT2D eigenvalue weighted by Gasteiger charge is -2.11. The first-order valence-corrected chi connectivity index (χ1v) is 5.50. The minimum Gasteiger partial charge on any atom is -0.493 e. The number of hydrogen-bond acceptors (Lipinski definition) is 1. The molecule has 0 N–H and O–H groups in total. The van der Waals surface area contributed by atoms with Crippen LogP contribution in [-0.2, 0) is 6.42 Å². The van der Waals surface area contributed by atoms with Crippen LogP contribution in [0.5, 0.6) is 5.75 Å². The molecule has 1 nitrogen and oxygen atoms in total. The maximum absolute atomic E-state index is 5.75. The molecular weight excluding hydrogens is 172 g/mol. The van der Waals surface area contributed by atoms with E-state index in [1.54, 1.807) is 0 Å². The van der Waals surface area contributed by atoms with Crippen molar-refractivity contribution in [1.82, 2.24) is 0 Å². The summed E-state index contributed by atoms with van der Waals surface area (Å²) in [4.78, 5) is 0. The number of aryl methyl sites for hydroxylation is 1. The van der Waals surface area contributed by atoms with E-state index in [2.05, 4.69) is 39.0 Å². The molecule has 0 amide bonds. The summed E-state index contributed by atoms with van der Waals surface area (Å²) >= 11 is 0. The normalized spacial score (nSPS) is 10.2. The molecule has 0 aliphatic rings. The van der Waals surface area contributed by atoms with Crippen molar-refractivity contribution in [3.63, 3.8) is 0 Å². The zero-order valence-corrected chi connectivity index (χ0v) is 9.47. The van der Waals surface area contributed by atoms with Gasteiger partial charge in [-0.05, 0) is 37.0 Å². The molecule has 78 valence electrons. The standard InChI is InChI=1S/C13H20O/c1-4-6-10-14-13-9-7-8-11(3)12(13)5-2/h7-9H,4-6,10H2,1-3H3. The van der Waals surface area contributed by atoms with Crippen molar-refractivity contribution >= 4 is 0 Å². The Bertz CT molecular complexity index is 279. The highest BCUT2D eigenvalue weighted by molar-refractivity contribution is 5.39. The Morgan fingerprint density at radius 1 is 1.21 bits per heavy atom. The van der Waals surface area contributed by atoms with Gasteiger partial charge in [0, 0.05) is 0 Å². The molecular formula is C13H20O. The summed E-state index contributed by atoms with van der Waals surface area (Å²) < 4.78 is 5.75. The molecule has 0 bridgehead atoms. The summed E-state index contributed by atoms with van der Waals surface area (Å²) in [5, 5.41) is 0. The Morgan fingerprint density at radius 3 is 2.64 bits per heavy atom. The molecule has 0 unspecified atom stereocenters. The van der Waals surface area contributed by atoms with E-state index in [9.17, 15) is 0 Å². The Hall–Kier alpha value is -0.980. The molecule has 0 fully saturated rings. The average molecular weight is 192 g/mol. The third-order valence-corrected chi connectivity index (χ3v) is 2.48. The van der Waals surface area contributed by atoms with Gasteiger partial charge in [0.2, 0.25) is 0 Å². The van der Waals surface area contributed by atoms with E-state index >= 15 is 0 Å². The summed E-state index contributed by atoms with van der Waals surface area (Å²) in [5.74, 6) is 1.07. The lowest BCUT2D eigenvalue weighted by atomic mass is 10.1. The molecule has 0 atom stereocenters. The van der Waals surface area contributed by atoms with Crippen molar-refractivity contribution in [3.05, 3.63) is 29.3 Å². The summed E-state index contributed by atoms with van der Waals surface area (Å²) in [5.41, 5.74) is 2.69. The van der Waals surface area contributed by atoms with E-state index in [1.807, 2.05) is 0 Å². The predicted molar refractivity (Wildman–Crippen MR) is 61.0 cm³/mol. The van der Waals surface area contributed by atoms with Gasteiger partial charge < -0.3 is 4.74 Å². The highest BCUT2D eigenvalue weighted by Crippen LogP contribution is 2.22. The topological polar surface area (TPSA) is 9.23 Å². The number of unbranched alkanes of at least 4 members (excludes halogenated alkanes) is 1. The van der Waals surface area contributed by atoms with Gasteiger partial charge in [-0.25, -0.2) is 0 Å². The molecule has 0 saturated carbocycles. The van der Waals surface area contributed by atoms with Crippen molar-refractivity contribution in [1.29, 1.82) is 0 Å². The van der Waals surface area contributed by atoms with Crippen LogP contribution in [0.2, 0.25) is 0 Å². The zero-order valence-electron chi connectivity index (χ0n) is 9.47. The molecule has 0 heterocycles. The van der Waals surface area contributed by atoms with Crippen molar-refractivity contribution < 1.29 is 4.74 Å². The van der Waals surface area contributed by atoms with Crippen molar-refractivity contribution in [2.24, 2.45) is 0 Å². The van der Waals surface area contributed by atoms with E-state index in [0.717, 1.165) is 25.2 Å². The van der Waals surface area contributed by atoms with E-state index in [-0.39, 0.29) is 0 Å². The van der Waals surface area contributed by atoms with E-state index in [0.29, 0.717) is 0 Å². The molecule has 0 saturated heterocycles. The lowest BCUT2D eigenvalue weighted by molar-refractivity contribution is 0.306. The number of hydrogen-bond donors (Lipinski definition) is 0. The second-order valence-corrected chi connectivity index (χ2v) is 3.61. The first-order valence-electron chi connectivity index (χ1n) is 5.50. The fourth-order valence-electron chi connectivity index (χ4n) is 1.59. The molecule has 14 heavy (non-hydrogen) atoms. The Balaban J connectivity index is 2.70. The van der Waals surface area contributed by atoms with Gasteiger partial charge in [-0.15, -0.1) is 0 Å². The second-order valence-electron chi connectivity index (χ2n) is 3.61. The van der Waals surface area contributed by atoms with E-state index in [1.165, 1.54) is 17.5 Å². The van der Waals surface area contributed by atoms with Gasteiger partial charge in [0.1, 0.15) is 5.75 Å². The second kappa shape index (κ2) is 5.69. The smallest absolute Gasteiger partial charge is 0.122 e. The van der Waals surface area contributed by atoms with Crippen molar-refractivity contribution in [2.45, 2.75) is 40.0 Å². The number of ether oxygens (including phenoxy) is 1. The third kappa shape index (κ3) is 2.76. The number of rotatable bonds is 5. The van der Waals surface area contributed by atoms with Gasteiger partial charge in [0.05, 0.1) is 6.61 Å². The predicted octanol–water partition coefficient (Wildman–Crippen LogP) is 3.74. The molecule has 0 aliphatic carbocycles. The Labute approximate surface area is 87.1 Å². The molecule has 0 aromatic heterocycles. The molecule has 1 aromatic rings. The van der Waals surface area contributed by atoms with Crippen molar-refractivity contribution in [2.75, 3.05) is 6.61 Å². The highest BCUT2D eigenvalue weighted by Gasteiger charge is 2.03. The van der Waals surface area contributed by atoms with Crippen LogP contribution in [-0.4, -0.2) is 6.61 Å². The van der Waals surface area contributed by atoms with Crippen LogP contribution in [0.25, 0.3) is 0 Å². The monoisotopic (exact) mass is 192 g/mol. The molecule has 1 aromatic carbocycles. The minimum absolute atomic E-state index is 0.840. The Kier molecular flexibility index (Phi) is 4.51. The van der Waals surface area contributed by atoms with Crippen LogP contribution in [0.1, 0.15) is 37.8 Å². The van der Waals surface area contributed by atoms with Crippen LogP contribution >= 0.6 is 0 Å². The summed E-state index contributed by atoms with van der Waals surface area (Å²) in [6.45, 7) is 7.34. The first-order chi connectivity index (χ1) is 6.79. The quantitative estimate of drug-likeness (QED) is 0.646. The van der Waals surface area contributed by atoms with Crippen molar-refractivity contribution in [3.8, 4) is 5.75 Å². The van der Waals surface area contributed by atoms with Crippen LogP contribution in [0, 0.1) is 6.92 Å². The van der Waals surface area contributed by atoms with Crippen LogP contribution in [0.15, 0.2) is 18.2 Å². The van der Waals surface area contributed by atoms with Gasteiger partial charge in [0.25, 0.3) is 0 Å². The van der Waals surface area contributed by atoms with Gasteiger partial charge in [-0.2, -0.15) is 0 Å². The molecule has 0 radical (unpaired) electrons. The fraction of sp³-hybridized carbons (Fsp3) is 0.538. The van der Waals surface area contributed by atoms with E-state index in [4.69, 9.17) is 4.74 Å². The maximum atomic E-state index is 5.75. The SMILES string of the molecule is CCCCOc1cccc(C)c1CC. The average Bonchev–Trinajstić information content (AvgIpc) is 2.18. The Morgan fingerprint density at radius 2 is 2.00 bits per heavy atom.